The van der Waals surface area contributed by atoms with Crippen LogP contribution in [0.25, 0.3) is 21.7 Å². The molecule has 1 N–H and O–H groups in total. The lowest BCUT2D eigenvalue weighted by molar-refractivity contribution is -0.137. The van der Waals surface area contributed by atoms with E-state index in [1.165, 1.54) is 16.3 Å². The molecule has 0 radical (unpaired) electrons. The first-order valence-corrected chi connectivity index (χ1v) is 11.4. The van der Waals surface area contributed by atoms with Gasteiger partial charge in [-0.05, 0) is 47.7 Å². The molecule has 0 aliphatic heterocycles. The average molecular weight is 441 g/mol. The molecular weight excluding hydrogens is 412 g/mol. The number of amides is 1. The molecule has 0 atom stereocenters. The van der Waals surface area contributed by atoms with E-state index in [-0.39, 0.29) is 12.3 Å². The van der Waals surface area contributed by atoms with Gasteiger partial charge >= 0.3 is 5.97 Å². The molecule has 0 aliphatic rings. The van der Waals surface area contributed by atoms with Gasteiger partial charge in [0.15, 0.2) is 0 Å². The first-order valence-electron chi connectivity index (χ1n) is 11.4. The second-order valence-corrected chi connectivity index (χ2v) is 8.27. The predicted molar refractivity (Wildman–Crippen MR) is 131 cm³/mol. The van der Waals surface area contributed by atoms with Gasteiger partial charge in [-0.25, -0.2) is 0 Å². The van der Waals surface area contributed by atoms with E-state index in [0.29, 0.717) is 30.6 Å². The molecule has 0 aliphatic carbocycles. The van der Waals surface area contributed by atoms with E-state index in [1.807, 2.05) is 47.4 Å². The van der Waals surface area contributed by atoms with Crippen LogP contribution >= 0.6 is 0 Å². The van der Waals surface area contributed by atoms with Crippen LogP contribution in [0, 0.1) is 0 Å². The fourth-order valence-electron chi connectivity index (χ4n) is 4.28. The van der Waals surface area contributed by atoms with Gasteiger partial charge in [-0.1, -0.05) is 67.1 Å². The van der Waals surface area contributed by atoms with Crippen molar-refractivity contribution < 1.29 is 14.7 Å². The number of aromatic nitrogens is 1. The number of nitrogens with zero attached hydrogens (tertiary/aromatic N) is 2. The molecule has 168 valence electrons. The number of carbonyl (C=O) groups is 2. The first-order chi connectivity index (χ1) is 16.1. The lowest BCUT2D eigenvalue weighted by Gasteiger charge is -2.24. The quantitative estimate of drug-likeness (QED) is 0.320. The van der Waals surface area contributed by atoms with E-state index in [0.717, 1.165) is 24.6 Å². The van der Waals surface area contributed by atoms with Gasteiger partial charge in [0.2, 0.25) is 0 Å². The summed E-state index contributed by atoms with van der Waals surface area (Å²) in [5, 5.41) is 12.2. The maximum Gasteiger partial charge on any atom is 0.303 e. The first kappa shape index (κ1) is 22.5. The largest absolute Gasteiger partial charge is 0.481 e. The molecule has 4 rings (SSSR count). The molecule has 0 saturated carbocycles. The number of hydrogen-bond acceptors (Lipinski definition) is 3. The van der Waals surface area contributed by atoms with Crippen LogP contribution in [-0.4, -0.2) is 40.0 Å². The zero-order valence-electron chi connectivity index (χ0n) is 18.6. The van der Waals surface area contributed by atoms with E-state index in [9.17, 15) is 9.59 Å². The summed E-state index contributed by atoms with van der Waals surface area (Å²) in [6.07, 6.45) is 4.80. The minimum Gasteiger partial charge on any atom is -0.481 e. The molecule has 5 nitrogen and oxygen atoms in total. The molecule has 1 aromatic heterocycles. The minimum absolute atomic E-state index is 0.0298. The molecular formula is C28H28N2O3. The van der Waals surface area contributed by atoms with Crippen LogP contribution in [0.1, 0.15) is 41.6 Å². The van der Waals surface area contributed by atoms with Crippen molar-refractivity contribution >= 4 is 33.6 Å². The molecule has 0 spiro atoms. The highest BCUT2D eigenvalue weighted by atomic mass is 16.4. The zero-order valence-corrected chi connectivity index (χ0v) is 18.6. The van der Waals surface area contributed by atoms with Crippen LogP contribution in [0.3, 0.4) is 0 Å². The highest BCUT2D eigenvalue weighted by Crippen LogP contribution is 2.21. The summed E-state index contributed by atoms with van der Waals surface area (Å²) in [7, 11) is 0. The third-order valence-electron chi connectivity index (χ3n) is 6.00. The van der Waals surface area contributed by atoms with Crippen LogP contribution in [0.5, 0.6) is 0 Å². The predicted octanol–water partition coefficient (Wildman–Crippen LogP) is 5.72. The number of carboxylic acid groups (broad SMARTS) is 1. The minimum atomic E-state index is -0.777. The molecule has 4 aromatic rings. The number of rotatable bonds is 10. The van der Waals surface area contributed by atoms with Crippen molar-refractivity contribution in [3.63, 3.8) is 0 Å². The topological polar surface area (TPSA) is 70.5 Å². The number of carbonyl (C=O) groups excluding carboxylic acids is 1. The van der Waals surface area contributed by atoms with E-state index in [1.54, 1.807) is 6.20 Å². The van der Waals surface area contributed by atoms with Crippen LogP contribution in [0.4, 0.5) is 0 Å². The zero-order chi connectivity index (χ0) is 23.0. The van der Waals surface area contributed by atoms with E-state index < -0.39 is 5.97 Å². The van der Waals surface area contributed by atoms with Gasteiger partial charge in [-0.15, -0.1) is 0 Å². The number of fused-ring (bicyclic) bond motifs is 2. The Morgan fingerprint density at radius 2 is 1.55 bits per heavy atom. The molecule has 0 unspecified atom stereocenters. The maximum atomic E-state index is 13.6. The van der Waals surface area contributed by atoms with Crippen molar-refractivity contribution in [1.29, 1.82) is 0 Å². The number of para-hydroxylation sites is 1. The molecule has 0 fully saturated rings. The van der Waals surface area contributed by atoms with Crippen LogP contribution in [0.15, 0.2) is 79.0 Å². The lowest BCUT2D eigenvalue weighted by Crippen LogP contribution is -2.34. The standard InChI is InChI=1S/C28H28N2O3/c31-26(32)16-2-1-5-19-30(20-17-22-11-6-10-21-9-3-4-14-24(21)22)28(33)25-15-7-12-23-13-8-18-29-27(23)25/h3-4,6-15,18H,1-2,5,16-17,19-20H2,(H,31,32). The van der Waals surface area contributed by atoms with Gasteiger partial charge < -0.3 is 10.0 Å². The number of pyridine rings is 1. The number of benzene rings is 3. The third-order valence-corrected chi connectivity index (χ3v) is 6.00. The maximum absolute atomic E-state index is 13.6. The summed E-state index contributed by atoms with van der Waals surface area (Å²) >= 11 is 0. The number of aliphatic carboxylic acids is 1. The Hall–Kier alpha value is -3.73. The summed E-state index contributed by atoms with van der Waals surface area (Å²) in [6.45, 7) is 1.18. The van der Waals surface area contributed by atoms with Gasteiger partial charge in [0.25, 0.3) is 5.91 Å². The Morgan fingerprint density at radius 3 is 2.42 bits per heavy atom. The van der Waals surface area contributed by atoms with Crippen LogP contribution in [0.2, 0.25) is 0 Å². The van der Waals surface area contributed by atoms with Crippen LogP contribution in [-0.2, 0) is 11.2 Å². The van der Waals surface area contributed by atoms with E-state index in [4.69, 9.17) is 5.11 Å². The summed E-state index contributed by atoms with van der Waals surface area (Å²) in [6, 6.07) is 24.1. The summed E-state index contributed by atoms with van der Waals surface area (Å²) in [4.78, 5) is 30.8. The van der Waals surface area contributed by atoms with Crippen molar-refractivity contribution in [2.75, 3.05) is 13.1 Å². The Morgan fingerprint density at radius 1 is 0.788 bits per heavy atom. The average Bonchev–Trinajstić information content (AvgIpc) is 2.84. The monoisotopic (exact) mass is 440 g/mol. The fraction of sp³-hybridized carbons (Fsp3) is 0.250. The molecule has 1 heterocycles. The number of hydrogen-bond donors (Lipinski definition) is 1. The normalized spacial score (nSPS) is 11.0. The molecule has 0 saturated heterocycles. The number of carboxylic acids is 1. The van der Waals surface area contributed by atoms with E-state index >= 15 is 0 Å². The second kappa shape index (κ2) is 10.7. The number of unbranched alkanes of at least 4 members (excludes halogenated alkanes) is 2. The summed E-state index contributed by atoms with van der Waals surface area (Å²) in [5.41, 5.74) is 2.54. The summed E-state index contributed by atoms with van der Waals surface area (Å²) < 4.78 is 0. The van der Waals surface area contributed by atoms with Crippen molar-refractivity contribution in [3.05, 3.63) is 90.1 Å². The lowest BCUT2D eigenvalue weighted by atomic mass is 10.0. The second-order valence-electron chi connectivity index (χ2n) is 8.27. The smallest absolute Gasteiger partial charge is 0.303 e. The molecule has 0 bridgehead atoms. The van der Waals surface area contributed by atoms with Gasteiger partial charge in [0.05, 0.1) is 11.1 Å². The Balaban J connectivity index is 1.54. The summed E-state index contributed by atoms with van der Waals surface area (Å²) in [5.74, 6) is -0.807. The molecule has 33 heavy (non-hydrogen) atoms. The highest BCUT2D eigenvalue weighted by Gasteiger charge is 2.19. The van der Waals surface area contributed by atoms with Gasteiger partial charge in [0.1, 0.15) is 0 Å². The van der Waals surface area contributed by atoms with Crippen molar-refractivity contribution in [2.45, 2.75) is 32.1 Å². The Labute approximate surface area is 193 Å². The molecule has 3 aromatic carbocycles. The molecule has 1 amide bonds. The third kappa shape index (κ3) is 5.55. The van der Waals surface area contributed by atoms with Gasteiger partial charge in [0, 0.05) is 31.1 Å². The van der Waals surface area contributed by atoms with Crippen molar-refractivity contribution in [1.82, 2.24) is 9.88 Å². The Kier molecular flexibility index (Phi) is 7.30. The molecule has 5 heteroatoms. The fourth-order valence-corrected chi connectivity index (χ4v) is 4.28. The van der Waals surface area contributed by atoms with Gasteiger partial charge in [-0.3, -0.25) is 14.6 Å². The Bertz CT molecular complexity index is 1260. The van der Waals surface area contributed by atoms with E-state index in [2.05, 4.69) is 35.3 Å². The SMILES string of the molecule is O=C(O)CCCCCN(CCc1cccc2ccccc12)C(=O)c1cccc2cccnc12. The van der Waals surface area contributed by atoms with Gasteiger partial charge in [-0.2, -0.15) is 0 Å². The van der Waals surface area contributed by atoms with Crippen LogP contribution < -0.4 is 0 Å². The highest BCUT2D eigenvalue weighted by molar-refractivity contribution is 6.05. The van der Waals surface area contributed by atoms with Crippen molar-refractivity contribution in [2.24, 2.45) is 0 Å². The van der Waals surface area contributed by atoms with Crippen molar-refractivity contribution in [3.8, 4) is 0 Å².